The molecular formula is C22H24N6O4. The van der Waals surface area contributed by atoms with Crippen LogP contribution in [0.15, 0.2) is 41.1 Å². The number of nitrogens with zero attached hydrogens (tertiary/aromatic N) is 4. The molecule has 0 saturated carbocycles. The number of fused-ring (bicyclic) bond motifs is 1. The number of anilines is 3. The van der Waals surface area contributed by atoms with Gasteiger partial charge in [0.05, 0.1) is 38.2 Å². The molecule has 0 bridgehead atoms. The number of hydrogen-bond acceptors (Lipinski definition) is 8. The van der Waals surface area contributed by atoms with Gasteiger partial charge in [0, 0.05) is 35.8 Å². The highest BCUT2D eigenvalue weighted by molar-refractivity contribution is 5.99. The first-order chi connectivity index (χ1) is 15.7. The molecule has 2 N–H and O–H groups in total. The lowest BCUT2D eigenvalue weighted by atomic mass is 10.1. The van der Waals surface area contributed by atoms with Gasteiger partial charge in [0.15, 0.2) is 11.6 Å². The van der Waals surface area contributed by atoms with E-state index in [0.717, 1.165) is 35.6 Å². The van der Waals surface area contributed by atoms with E-state index in [-0.39, 0.29) is 6.04 Å². The number of aromatic nitrogens is 3. The van der Waals surface area contributed by atoms with Gasteiger partial charge in [-0.3, -0.25) is 5.32 Å². The fourth-order valence-corrected chi connectivity index (χ4v) is 3.88. The molecule has 0 aliphatic carbocycles. The molecule has 166 valence electrons. The topological polar surface area (TPSA) is 115 Å². The molecule has 10 nitrogen and oxygen atoms in total. The van der Waals surface area contributed by atoms with E-state index in [1.165, 1.54) is 6.26 Å². The second kappa shape index (κ2) is 8.93. The van der Waals surface area contributed by atoms with E-state index in [1.54, 1.807) is 6.07 Å². The Morgan fingerprint density at radius 1 is 1.09 bits per heavy atom. The molecule has 2 aliphatic heterocycles. The van der Waals surface area contributed by atoms with Crippen molar-refractivity contribution in [1.82, 2.24) is 15.1 Å². The van der Waals surface area contributed by atoms with Gasteiger partial charge < -0.3 is 24.2 Å². The quantitative estimate of drug-likeness (QED) is 0.641. The summed E-state index contributed by atoms with van der Waals surface area (Å²) in [4.78, 5) is 24.1. The molecular weight excluding hydrogens is 412 g/mol. The number of rotatable bonds is 4. The number of carbonyl (C=O) groups is 1. The highest BCUT2D eigenvalue weighted by atomic mass is 16.5. The van der Waals surface area contributed by atoms with Crippen molar-refractivity contribution in [3.8, 4) is 11.4 Å². The lowest BCUT2D eigenvalue weighted by Gasteiger charge is -2.36. The Balaban J connectivity index is 1.39. The molecule has 1 fully saturated rings. The summed E-state index contributed by atoms with van der Waals surface area (Å²) in [5.74, 6) is 1.93. The molecule has 5 rings (SSSR count). The minimum absolute atomic E-state index is 0.229. The lowest BCUT2D eigenvalue weighted by Crippen LogP contribution is -2.45. The Labute approximate surface area is 184 Å². The van der Waals surface area contributed by atoms with E-state index in [4.69, 9.17) is 24.0 Å². The second-order valence-electron chi connectivity index (χ2n) is 7.76. The summed E-state index contributed by atoms with van der Waals surface area (Å²) in [5, 5.41) is 9.01. The maximum absolute atomic E-state index is 12.1. The molecule has 0 spiro atoms. The summed E-state index contributed by atoms with van der Waals surface area (Å²) < 4.78 is 16.0. The Morgan fingerprint density at radius 2 is 1.97 bits per heavy atom. The van der Waals surface area contributed by atoms with E-state index in [2.05, 4.69) is 27.6 Å². The van der Waals surface area contributed by atoms with Gasteiger partial charge in [0.1, 0.15) is 12.1 Å². The monoisotopic (exact) mass is 436 g/mol. The second-order valence-corrected chi connectivity index (χ2v) is 7.76. The largest absolute Gasteiger partial charge is 0.377 e. The van der Waals surface area contributed by atoms with Gasteiger partial charge in [-0.05, 0) is 31.2 Å². The Kier molecular flexibility index (Phi) is 5.70. The van der Waals surface area contributed by atoms with Gasteiger partial charge in [0.25, 0.3) is 0 Å². The number of amides is 2. The molecule has 2 aliphatic rings. The van der Waals surface area contributed by atoms with Crippen LogP contribution in [0.3, 0.4) is 0 Å². The molecule has 0 radical (unpaired) electrons. The minimum atomic E-state index is -0.403. The van der Waals surface area contributed by atoms with Crippen LogP contribution in [0, 0.1) is 0 Å². The predicted molar refractivity (Wildman–Crippen MR) is 118 cm³/mol. The summed E-state index contributed by atoms with van der Waals surface area (Å²) in [6, 6.07) is 8.83. The first kappa shape index (κ1) is 20.4. The van der Waals surface area contributed by atoms with Crippen molar-refractivity contribution in [1.29, 1.82) is 0 Å². The van der Waals surface area contributed by atoms with Crippen molar-refractivity contribution >= 4 is 23.4 Å². The van der Waals surface area contributed by atoms with Crippen LogP contribution in [0.4, 0.5) is 22.1 Å². The van der Waals surface area contributed by atoms with Crippen LogP contribution < -0.4 is 15.5 Å². The number of ether oxygens (including phenoxy) is 2. The molecule has 0 unspecified atom stereocenters. The third-order valence-electron chi connectivity index (χ3n) is 5.52. The van der Waals surface area contributed by atoms with Crippen LogP contribution in [-0.4, -0.2) is 53.6 Å². The van der Waals surface area contributed by atoms with E-state index in [1.807, 2.05) is 24.3 Å². The average molecular weight is 436 g/mol. The molecule has 2 aromatic heterocycles. The zero-order valence-electron chi connectivity index (χ0n) is 17.7. The zero-order valence-corrected chi connectivity index (χ0v) is 17.7. The molecule has 4 heterocycles. The van der Waals surface area contributed by atoms with Crippen molar-refractivity contribution in [2.45, 2.75) is 26.0 Å². The Bertz CT molecular complexity index is 1090. The standard InChI is InChI=1S/C22H24N6O4/c1-14-12-31-11-8-28(14)21-17-13-30-9-6-18(17)24-20(26-21)15-2-4-16(5-3-15)23-22(29)25-19-7-10-32-27-19/h2-5,7,10,14H,6,8-9,11-13H2,1H3,(H2,23,25,27,29)/t14-/m0/s1. The summed E-state index contributed by atoms with van der Waals surface area (Å²) >= 11 is 0. The molecule has 1 saturated heterocycles. The van der Waals surface area contributed by atoms with Gasteiger partial charge in [-0.15, -0.1) is 0 Å². The summed E-state index contributed by atoms with van der Waals surface area (Å²) in [6.07, 6.45) is 2.15. The maximum atomic E-state index is 12.1. The molecule has 32 heavy (non-hydrogen) atoms. The summed E-state index contributed by atoms with van der Waals surface area (Å²) in [5.41, 5.74) is 3.62. The van der Waals surface area contributed by atoms with Gasteiger partial charge in [0.2, 0.25) is 0 Å². The third-order valence-corrected chi connectivity index (χ3v) is 5.52. The van der Waals surface area contributed by atoms with Gasteiger partial charge in [-0.25, -0.2) is 14.8 Å². The highest BCUT2D eigenvalue weighted by Gasteiger charge is 2.27. The van der Waals surface area contributed by atoms with Crippen LogP contribution in [0.1, 0.15) is 18.2 Å². The van der Waals surface area contributed by atoms with Crippen LogP contribution >= 0.6 is 0 Å². The highest BCUT2D eigenvalue weighted by Crippen LogP contribution is 2.31. The van der Waals surface area contributed by atoms with Crippen LogP contribution in [0.5, 0.6) is 0 Å². The van der Waals surface area contributed by atoms with E-state index in [0.29, 0.717) is 43.8 Å². The number of urea groups is 1. The van der Waals surface area contributed by atoms with E-state index in [9.17, 15) is 4.79 Å². The fraction of sp³-hybridized carbons (Fsp3) is 0.364. The average Bonchev–Trinajstić information content (AvgIpc) is 3.32. The number of morpholine rings is 1. The van der Waals surface area contributed by atoms with Gasteiger partial charge in [-0.2, -0.15) is 0 Å². The first-order valence-corrected chi connectivity index (χ1v) is 10.6. The lowest BCUT2D eigenvalue weighted by molar-refractivity contribution is 0.0952. The predicted octanol–water partition coefficient (Wildman–Crippen LogP) is 3.07. The van der Waals surface area contributed by atoms with Crippen LogP contribution in [0.2, 0.25) is 0 Å². The SMILES string of the molecule is C[C@H]1COCCN1c1nc(-c2ccc(NC(=O)Nc3ccon3)cc2)nc2c1COCC2. The van der Waals surface area contributed by atoms with Crippen LogP contribution in [0.25, 0.3) is 11.4 Å². The smallest absolute Gasteiger partial charge is 0.324 e. The van der Waals surface area contributed by atoms with Crippen molar-refractivity contribution in [3.05, 3.63) is 47.9 Å². The summed E-state index contributed by atoms with van der Waals surface area (Å²) in [6.45, 7) is 5.46. The molecule has 10 heteroatoms. The Morgan fingerprint density at radius 3 is 2.75 bits per heavy atom. The fourth-order valence-electron chi connectivity index (χ4n) is 3.88. The number of benzene rings is 1. The zero-order chi connectivity index (χ0) is 21.9. The maximum Gasteiger partial charge on any atom is 0.324 e. The van der Waals surface area contributed by atoms with Gasteiger partial charge in [-0.1, -0.05) is 5.16 Å². The number of nitrogens with one attached hydrogen (secondary N) is 2. The van der Waals surface area contributed by atoms with Crippen molar-refractivity contribution in [2.24, 2.45) is 0 Å². The molecule has 1 aromatic carbocycles. The molecule has 3 aromatic rings. The number of hydrogen-bond donors (Lipinski definition) is 2. The number of carbonyl (C=O) groups excluding carboxylic acids is 1. The van der Waals surface area contributed by atoms with E-state index < -0.39 is 6.03 Å². The molecule has 2 amide bonds. The normalized spacial score (nSPS) is 18.2. The van der Waals surface area contributed by atoms with E-state index >= 15 is 0 Å². The first-order valence-electron chi connectivity index (χ1n) is 10.6. The van der Waals surface area contributed by atoms with Gasteiger partial charge >= 0.3 is 6.03 Å². The van der Waals surface area contributed by atoms with Crippen molar-refractivity contribution in [2.75, 3.05) is 41.9 Å². The van der Waals surface area contributed by atoms with Crippen molar-refractivity contribution in [3.63, 3.8) is 0 Å². The Hall–Kier alpha value is -3.50. The van der Waals surface area contributed by atoms with Crippen molar-refractivity contribution < 1.29 is 18.8 Å². The third kappa shape index (κ3) is 4.27. The van der Waals surface area contributed by atoms with Crippen LogP contribution in [-0.2, 0) is 22.5 Å². The molecule has 1 atom stereocenters. The minimum Gasteiger partial charge on any atom is -0.377 e. The summed E-state index contributed by atoms with van der Waals surface area (Å²) in [7, 11) is 0.